The Kier molecular flexibility index (Phi) is 26.4. The van der Waals surface area contributed by atoms with E-state index in [4.69, 9.17) is 0 Å². The van der Waals surface area contributed by atoms with E-state index in [1.54, 1.807) is 17.7 Å². The van der Waals surface area contributed by atoms with E-state index in [0.717, 1.165) is 5.75 Å². The molecule has 0 unspecified atom stereocenters. The molecule has 0 saturated heterocycles. The Hall–Kier alpha value is 0.370. The zero-order valence-corrected chi connectivity index (χ0v) is 17.3. The van der Waals surface area contributed by atoms with Crippen molar-refractivity contribution in [1.82, 2.24) is 0 Å². The largest absolute Gasteiger partial charge is 0.287 e. The fraction of sp³-hybridized carbons (Fsp3) is 0.947. The molecule has 22 heavy (non-hydrogen) atoms. The summed E-state index contributed by atoms with van der Waals surface area (Å²) in [6, 6.07) is 0. The monoisotopic (exact) mass is 348 g/mol. The third kappa shape index (κ3) is 28.5. The van der Waals surface area contributed by atoms with Gasteiger partial charge in [-0.15, -0.1) is 0 Å². The van der Waals surface area contributed by atoms with Gasteiger partial charge in [0.25, 0.3) is 0 Å². The first kappa shape index (κ1) is 24.6. The van der Waals surface area contributed by atoms with E-state index in [1.807, 2.05) is 0 Å². The average molecular weight is 349 g/mol. The molecule has 1 nitrogen and oxygen atoms in total. The molecular weight excluding hydrogens is 308 g/mol. The summed E-state index contributed by atoms with van der Waals surface area (Å²) in [5.74, 6) is 1.13. The number of unbranched alkanes of at least 4 members (excludes halogenated alkanes) is 11. The lowest BCUT2D eigenvalue weighted by molar-refractivity contribution is -0.109. The summed E-state index contributed by atoms with van der Waals surface area (Å²) in [5.41, 5.74) is 0. The highest BCUT2D eigenvalue weighted by Crippen LogP contribution is 2.23. The SMILES string of the molecule is CCC.CCCCCCCCCCCCCCSSC(C)=O. The van der Waals surface area contributed by atoms with Gasteiger partial charge in [0.15, 0.2) is 5.12 Å². The van der Waals surface area contributed by atoms with Crippen molar-refractivity contribution in [3.63, 3.8) is 0 Å². The quantitative estimate of drug-likeness (QED) is 0.233. The van der Waals surface area contributed by atoms with Crippen LogP contribution in [0.3, 0.4) is 0 Å². The summed E-state index contributed by atoms with van der Waals surface area (Å²) < 4.78 is 0. The molecule has 0 radical (unpaired) electrons. The van der Waals surface area contributed by atoms with Crippen molar-refractivity contribution in [3.8, 4) is 0 Å². The van der Waals surface area contributed by atoms with Gasteiger partial charge in [-0.05, 0) is 17.2 Å². The predicted molar refractivity (Wildman–Crippen MR) is 108 cm³/mol. The summed E-state index contributed by atoms with van der Waals surface area (Å²) in [7, 11) is 3.10. The van der Waals surface area contributed by atoms with Crippen molar-refractivity contribution >= 4 is 26.7 Å². The normalized spacial score (nSPS) is 10.2. The van der Waals surface area contributed by atoms with Crippen LogP contribution in [0.25, 0.3) is 0 Å². The van der Waals surface area contributed by atoms with Gasteiger partial charge in [-0.2, -0.15) is 0 Å². The summed E-state index contributed by atoms with van der Waals surface area (Å²) in [6.07, 6.45) is 18.0. The Morgan fingerprint density at radius 2 is 1.05 bits per heavy atom. The Bertz CT molecular complexity index is 208. The topological polar surface area (TPSA) is 17.1 Å². The standard InChI is InChI=1S/C16H32OS2.C3H8/c1-3-4-5-6-7-8-9-10-11-12-13-14-15-18-19-16(2)17;1-3-2/h3-15H2,1-2H3;3H2,1-2H3. The molecule has 0 rings (SSSR count). The Labute approximate surface area is 148 Å². The first-order chi connectivity index (χ1) is 10.7. The van der Waals surface area contributed by atoms with Crippen molar-refractivity contribution in [3.05, 3.63) is 0 Å². The van der Waals surface area contributed by atoms with Gasteiger partial charge >= 0.3 is 0 Å². The van der Waals surface area contributed by atoms with Gasteiger partial charge < -0.3 is 0 Å². The van der Waals surface area contributed by atoms with Crippen molar-refractivity contribution in [2.45, 2.75) is 111 Å². The van der Waals surface area contributed by atoms with Gasteiger partial charge in [-0.1, -0.05) is 109 Å². The highest BCUT2D eigenvalue weighted by molar-refractivity contribution is 8.82. The van der Waals surface area contributed by atoms with Crippen molar-refractivity contribution in [1.29, 1.82) is 0 Å². The first-order valence-corrected chi connectivity index (χ1v) is 11.8. The molecule has 0 N–H and O–H groups in total. The number of carbonyl (C=O) groups is 1. The lowest BCUT2D eigenvalue weighted by atomic mass is 10.1. The molecule has 0 aliphatic heterocycles. The molecule has 0 aromatic carbocycles. The van der Waals surface area contributed by atoms with E-state index in [-0.39, 0.29) is 5.12 Å². The van der Waals surface area contributed by atoms with E-state index >= 15 is 0 Å². The summed E-state index contributed by atoms with van der Waals surface area (Å²) in [5, 5.41) is 0.226. The molecule has 134 valence electrons. The van der Waals surface area contributed by atoms with Crippen LogP contribution in [0.4, 0.5) is 0 Å². The molecule has 0 heterocycles. The Morgan fingerprint density at radius 1 is 0.682 bits per heavy atom. The van der Waals surface area contributed by atoms with Crippen LogP contribution in [-0.4, -0.2) is 10.9 Å². The third-order valence-electron chi connectivity index (χ3n) is 3.26. The fourth-order valence-corrected chi connectivity index (χ4v) is 3.80. The number of rotatable bonds is 14. The fourth-order valence-electron chi connectivity index (χ4n) is 2.13. The molecule has 0 fully saturated rings. The summed E-state index contributed by atoms with van der Waals surface area (Å²) >= 11 is 0. The van der Waals surface area contributed by atoms with Gasteiger partial charge in [-0.25, -0.2) is 0 Å². The summed E-state index contributed by atoms with van der Waals surface area (Å²) in [4.78, 5) is 10.7. The van der Waals surface area contributed by atoms with Crippen molar-refractivity contribution in [2.24, 2.45) is 0 Å². The number of hydrogen-bond acceptors (Lipinski definition) is 3. The first-order valence-electron chi connectivity index (χ1n) is 9.48. The number of carbonyl (C=O) groups excluding carboxylic acids is 1. The highest BCUT2D eigenvalue weighted by Gasteiger charge is 1.96. The second-order valence-corrected chi connectivity index (χ2v) is 8.59. The zero-order chi connectivity index (χ0) is 16.9. The van der Waals surface area contributed by atoms with Crippen LogP contribution in [0.5, 0.6) is 0 Å². The molecule has 0 atom stereocenters. The van der Waals surface area contributed by atoms with E-state index in [9.17, 15) is 4.79 Å². The van der Waals surface area contributed by atoms with E-state index in [1.165, 1.54) is 94.3 Å². The molecular formula is C19H40OS2. The van der Waals surface area contributed by atoms with Crippen LogP contribution in [0.15, 0.2) is 0 Å². The molecule has 0 aliphatic carbocycles. The molecule has 0 aromatic heterocycles. The van der Waals surface area contributed by atoms with Crippen molar-refractivity contribution in [2.75, 3.05) is 5.75 Å². The second kappa shape index (κ2) is 23.6. The lowest BCUT2D eigenvalue weighted by Gasteiger charge is -2.02. The van der Waals surface area contributed by atoms with Crippen LogP contribution >= 0.6 is 21.6 Å². The molecule has 0 aliphatic rings. The Morgan fingerprint density at radius 3 is 1.41 bits per heavy atom. The smallest absolute Gasteiger partial charge is 0.196 e. The maximum absolute atomic E-state index is 10.7. The maximum Gasteiger partial charge on any atom is 0.196 e. The van der Waals surface area contributed by atoms with Crippen LogP contribution in [0.2, 0.25) is 0 Å². The predicted octanol–water partition coefficient (Wildman–Crippen LogP) is 8.03. The molecule has 0 spiro atoms. The van der Waals surface area contributed by atoms with Crippen LogP contribution in [0, 0.1) is 0 Å². The summed E-state index contributed by atoms with van der Waals surface area (Å²) in [6.45, 7) is 8.16. The molecule has 0 amide bonds. The molecule has 0 saturated carbocycles. The van der Waals surface area contributed by atoms with E-state index in [2.05, 4.69) is 20.8 Å². The third-order valence-corrected chi connectivity index (χ3v) is 5.62. The molecule has 0 aromatic rings. The van der Waals surface area contributed by atoms with Crippen LogP contribution < -0.4 is 0 Å². The van der Waals surface area contributed by atoms with Gasteiger partial charge in [-0.3, -0.25) is 4.79 Å². The minimum Gasteiger partial charge on any atom is -0.287 e. The lowest BCUT2D eigenvalue weighted by Crippen LogP contribution is -1.84. The minimum absolute atomic E-state index is 0.226. The van der Waals surface area contributed by atoms with E-state index in [0.29, 0.717) is 0 Å². The molecule has 0 bridgehead atoms. The van der Waals surface area contributed by atoms with Gasteiger partial charge in [0.1, 0.15) is 0 Å². The van der Waals surface area contributed by atoms with Gasteiger partial charge in [0, 0.05) is 12.7 Å². The van der Waals surface area contributed by atoms with Crippen molar-refractivity contribution < 1.29 is 4.79 Å². The minimum atomic E-state index is 0.226. The number of hydrogen-bond donors (Lipinski definition) is 0. The van der Waals surface area contributed by atoms with Gasteiger partial charge in [0.05, 0.1) is 0 Å². The van der Waals surface area contributed by atoms with Crippen LogP contribution in [0.1, 0.15) is 111 Å². The highest BCUT2D eigenvalue weighted by atomic mass is 33.1. The maximum atomic E-state index is 10.7. The average Bonchev–Trinajstić information content (AvgIpc) is 2.48. The molecule has 3 heteroatoms. The zero-order valence-electron chi connectivity index (χ0n) is 15.6. The Balaban J connectivity index is 0. The van der Waals surface area contributed by atoms with Crippen LogP contribution in [-0.2, 0) is 4.79 Å². The van der Waals surface area contributed by atoms with E-state index < -0.39 is 0 Å². The van der Waals surface area contributed by atoms with Gasteiger partial charge in [0.2, 0.25) is 0 Å². The second-order valence-electron chi connectivity index (χ2n) is 5.99.